The number of nitrogens with zero attached hydrogens (tertiary/aromatic N) is 1. The molecule has 0 aliphatic rings. The highest BCUT2D eigenvalue weighted by atomic mass is 16.6. The van der Waals surface area contributed by atoms with Crippen molar-refractivity contribution in [3.63, 3.8) is 0 Å². The van der Waals surface area contributed by atoms with Crippen LogP contribution in [0.3, 0.4) is 0 Å². The van der Waals surface area contributed by atoms with Crippen LogP contribution in [0.25, 0.3) is 0 Å². The van der Waals surface area contributed by atoms with E-state index in [9.17, 15) is 19.8 Å². The summed E-state index contributed by atoms with van der Waals surface area (Å²) < 4.78 is 11.8. The van der Waals surface area contributed by atoms with Gasteiger partial charge in [-0.25, -0.2) is 9.78 Å². The molecule has 1 atom stereocenters. The van der Waals surface area contributed by atoms with Crippen LogP contribution < -0.4 is 10.3 Å². The molecule has 0 amide bonds. The van der Waals surface area contributed by atoms with Gasteiger partial charge in [0.25, 0.3) is 11.6 Å². The number of ether oxygens (including phenoxy) is 2. The Morgan fingerprint density at radius 2 is 1.67 bits per heavy atom. The van der Waals surface area contributed by atoms with Crippen LogP contribution >= 0.6 is 0 Å². The van der Waals surface area contributed by atoms with Crippen molar-refractivity contribution in [3.8, 4) is 6.01 Å². The fourth-order valence-corrected chi connectivity index (χ4v) is 3.32. The highest BCUT2D eigenvalue weighted by Crippen LogP contribution is 2.39. The van der Waals surface area contributed by atoms with Gasteiger partial charge in [0.05, 0.1) is 13.2 Å². The Kier molecular flexibility index (Phi) is 6.61. The molecule has 30 heavy (non-hydrogen) atoms. The molecule has 3 rings (SSSR count). The molecule has 0 aliphatic heterocycles. The van der Waals surface area contributed by atoms with Crippen LogP contribution in [0.2, 0.25) is 0 Å². The van der Waals surface area contributed by atoms with Gasteiger partial charge in [-0.05, 0) is 18.1 Å². The fraction of sp³-hybridized carbons (Fsp3) is 0.227. The Bertz CT molecular complexity index is 997. The number of nitrogens with one attached hydrogen (secondary N) is 1. The molecule has 156 valence electrons. The molecular weight excluding hydrogens is 388 g/mol. The Hall–Kier alpha value is -3.49. The van der Waals surface area contributed by atoms with E-state index >= 15 is 0 Å². The SMILES string of the molecule is Cc1cc(=O)[nH]c(O[C@H](C(=O)O)C(OCCO)(c2ccccc2)c2ccccc2)n1. The lowest BCUT2D eigenvalue weighted by Gasteiger charge is -2.38. The van der Waals surface area contributed by atoms with Gasteiger partial charge in [-0.15, -0.1) is 0 Å². The van der Waals surface area contributed by atoms with Gasteiger partial charge in [-0.3, -0.25) is 9.78 Å². The first-order valence-corrected chi connectivity index (χ1v) is 9.30. The lowest BCUT2D eigenvalue weighted by atomic mass is 9.81. The van der Waals surface area contributed by atoms with Gasteiger partial charge in [-0.2, -0.15) is 0 Å². The Morgan fingerprint density at radius 3 is 2.13 bits per heavy atom. The minimum atomic E-state index is -1.63. The third-order valence-electron chi connectivity index (χ3n) is 4.50. The molecule has 2 aromatic carbocycles. The molecule has 0 saturated heterocycles. The first kappa shape index (κ1) is 21.2. The maximum atomic E-state index is 12.4. The summed E-state index contributed by atoms with van der Waals surface area (Å²) in [6.45, 7) is 1.13. The topological polar surface area (TPSA) is 122 Å². The number of hydrogen-bond donors (Lipinski definition) is 3. The monoisotopic (exact) mass is 410 g/mol. The number of aromatic amines is 1. The largest absolute Gasteiger partial charge is 0.478 e. The number of aliphatic hydroxyl groups is 1. The lowest BCUT2D eigenvalue weighted by molar-refractivity contribution is -0.165. The van der Waals surface area contributed by atoms with E-state index in [0.717, 1.165) is 0 Å². The van der Waals surface area contributed by atoms with Crippen LogP contribution in [0.4, 0.5) is 0 Å². The van der Waals surface area contributed by atoms with Crippen LogP contribution in [-0.4, -0.2) is 45.5 Å². The molecule has 0 unspecified atom stereocenters. The average molecular weight is 410 g/mol. The van der Waals surface area contributed by atoms with E-state index < -0.39 is 23.2 Å². The fourth-order valence-electron chi connectivity index (χ4n) is 3.32. The van der Waals surface area contributed by atoms with Crippen molar-refractivity contribution in [1.29, 1.82) is 0 Å². The van der Waals surface area contributed by atoms with Crippen molar-refractivity contribution in [2.24, 2.45) is 0 Å². The van der Waals surface area contributed by atoms with Gasteiger partial charge in [0.1, 0.15) is 0 Å². The number of aryl methyl sites for hydroxylation is 1. The predicted molar refractivity (Wildman–Crippen MR) is 108 cm³/mol. The summed E-state index contributed by atoms with van der Waals surface area (Å²) in [7, 11) is 0. The second kappa shape index (κ2) is 9.34. The van der Waals surface area contributed by atoms with Gasteiger partial charge in [0, 0.05) is 11.8 Å². The Balaban J connectivity index is 2.23. The number of aromatic nitrogens is 2. The third kappa shape index (κ3) is 4.40. The second-order valence-electron chi connectivity index (χ2n) is 6.57. The minimum Gasteiger partial charge on any atom is -0.478 e. The normalized spacial score (nSPS) is 12.3. The maximum absolute atomic E-state index is 12.4. The summed E-state index contributed by atoms with van der Waals surface area (Å²) >= 11 is 0. The van der Waals surface area contributed by atoms with Crippen molar-refractivity contribution >= 4 is 5.97 Å². The van der Waals surface area contributed by atoms with E-state index in [1.54, 1.807) is 67.6 Å². The molecule has 8 heteroatoms. The van der Waals surface area contributed by atoms with Crippen molar-refractivity contribution in [2.75, 3.05) is 13.2 Å². The van der Waals surface area contributed by atoms with Crippen LogP contribution in [0.15, 0.2) is 71.5 Å². The third-order valence-corrected chi connectivity index (χ3v) is 4.50. The summed E-state index contributed by atoms with van der Waals surface area (Å²) in [6.07, 6.45) is -1.63. The maximum Gasteiger partial charge on any atom is 0.348 e. The number of hydrogen-bond acceptors (Lipinski definition) is 6. The summed E-state index contributed by atoms with van der Waals surface area (Å²) in [5.41, 5.74) is -0.708. The molecule has 0 saturated carbocycles. The zero-order chi connectivity index (χ0) is 21.6. The number of carboxylic acids is 1. The Labute approximate surface area is 172 Å². The van der Waals surface area contributed by atoms with E-state index in [-0.39, 0.29) is 19.2 Å². The highest BCUT2D eigenvalue weighted by molar-refractivity contribution is 5.76. The molecule has 3 aromatic rings. The molecule has 0 bridgehead atoms. The summed E-state index contributed by atoms with van der Waals surface area (Å²) in [6, 6.07) is 18.5. The molecule has 0 spiro atoms. The quantitative estimate of drug-likeness (QED) is 0.492. The van der Waals surface area contributed by atoms with Gasteiger partial charge in [0.2, 0.25) is 6.10 Å². The van der Waals surface area contributed by atoms with E-state index in [0.29, 0.717) is 16.8 Å². The van der Waals surface area contributed by atoms with Crippen LogP contribution in [-0.2, 0) is 15.1 Å². The van der Waals surface area contributed by atoms with Crippen molar-refractivity contribution in [3.05, 3.63) is 93.9 Å². The lowest BCUT2D eigenvalue weighted by Crippen LogP contribution is -2.51. The molecule has 3 N–H and O–H groups in total. The van der Waals surface area contributed by atoms with E-state index in [4.69, 9.17) is 9.47 Å². The van der Waals surface area contributed by atoms with Crippen LogP contribution in [0.1, 0.15) is 16.8 Å². The summed E-state index contributed by atoms with van der Waals surface area (Å²) in [4.78, 5) is 30.8. The van der Waals surface area contributed by atoms with E-state index in [1.807, 2.05) is 0 Å². The minimum absolute atomic E-state index is 0.144. The van der Waals surface area contributed by atoms with Gasteiger partial charge < -0.3 is 19.7 Å². The molecule has 1 heterocycles. The van der Waals surface area contributed by atoms with Gasteiger partial charge in [0.15, 0.2) is 5.60 Å². The number of carbonyl (C=O) groups is 1. The highest BCUT2D eigenvalue weighted by Gasteiger charge is 2.50. The van der Waals surface area contributed by atoms with Gasteiger partial charge >= 0.3 is 5.97 Å². The average Bonchev–Trinajstić information content (AvgIpc) is 2.74. The molecular formula is C22H22N2O6. The van der Waals surface area contributed by atoms with Crippen LogP contribution in [0.5, 0.6) is 6.01 Å². The van der Waals surface area contributed by atoms with Crippen molar-refractivity contribution in [2.45, 2.75) is 18.6 Å². The number of aliphatic hydroxyl groups excluding tert-OH is 1. The molecule has 0 aliphatic carbocycles. The number of benzene rings is 2. The van der Waals surface area contributed by atoms with E-state index in [2.05, 4.69) is 9.97 Å². The number of aliphatic carboxylic acids is 1. The standard InChI is InChI=1S/C22H22N2O6/c1-15-14-18(26)24-21(23-15)30-19(20(27)28)22(29-13-12-25,16-8-4-2-5-9-16)17-10-6-3-7-11-17/h2-11,14,19,25H,12-13H2,1H3,(H,27,28)(H,23,24,26)/t19-/m1/s1. The molecule has 0 fully saturated rings. The van der Waals surface area contributed by atoms with Crippen LogP contribution in [0, 0.1) is 6.92 Å². The van der Waals surface area contributed by atoms with E-state index in [1.165, 1.54) is 6.07 Å². The van der Waals surface area contributed by atoms with Gasteiger partial charge in [-0.1, -0.05) is 60.7 Å². The first-order valence-electron chi connectivity index (χ1n) is 9.30. The smallest absolute Gasteiger partial charge is 0.348 e. The first-order chi connectivity index (χ1) is 14.5. The molecule has 1 aromatic heterocycles. The zero-order valence-electron chi connectivity index (χ0n) is 16.3. The predicted octanol–water partition coefficient (Wildman–Crippen LogP) is 1.86. The number of carboxylic acid groups (broad SMARTS) is 1. The summed E-state index contributed by atoms with van der Waals surface area (Å²) in [5.74, 6) is -1.33. The molecule has 8 nitrogen and oxygen atoms in total. The zero-order valence-corrected chi connectivity index (χ0v) is 16.3. The molecule has 0 radical (unpaired) electrons. The second-order valence-corrected chi connectivity index (χ2v) is 6.57. The number of H-pyrrole nitrogens is 1. The summed E-state index contributed by atoms with van der Waals surface area (Å²) in [5, 5.41) is 19.6. The Morgan fingerprint density at radius 1 is 1.10 bits per heavy atom. The number of rotatable bonds is 9. The van der Waals surface area contributed by atoms with Crippen molar-refractivity contribution < 1.29 is 24.5 Å². The van der Waals surface area contributed by atoms with Crippen molar-refractivity contribution in [1.82, 2.24) is 9.97 Å².